The Bertz CT molecular complexity index is 557. The van der Waals surface area contributed by atoms with E-state index in [0.717, 1.165) is 0 Å². The van der Waals surface area contributed by atoms with Crippen molar-refractivity contribution in [2.45, 2.75) is 0 Å². The smallest absolute Gasteiger partial charge is 0.0355 e. The Kier molecular flexibility index (Phi) is 3.77. The van der Waals surface area contributed by atoms with E-state index in [9.17, 15) is 0 Å². The number of hydrogen-bond acceptors (Lipinski definition) is 2. The summed E-state index contributed by atoms with van der Waals surface area (Å²) in [6.45, 7) is 0. The summed E-state index contributed by atoms with van der Waals surface area (Å²) in [7, 11) is 6.00. The predicted octanol–water partition coefficient (Wildman–Crippen LogP) is 4.23. The first-order valence-corrected chi connectivity index (χ1v) is 6.47. The first-order valence-electron chi connectivity index (χ1n) is 5.65. The van der Waals surface area contributed by atoms with Gasteiger partial charge in [-0.2, -0.15) is 0 Å². The Labute approximate surface area is 106 Å². The van der Waals surface area contributed by atoms with Crippen molar-refractivity contribution in [3.05, 3.63) is 48.5 Å². The minimum atomic E-state index is 1.38. The van der Waals surface area contributed by atoms with Gasteiger partial charge in [-0.05, 0) is 33.3 Å². The lowest BCUT2D eigenvalue weighted by Gasteiger charge is -1.90. The lowest BCUT2D eigenvalue weighted by atomic mass is 10.2. The number of thiophene rings is 1. The minimum absolute atomic E-state index is 1.38. The summed E-state index contributed by atoms with van der Waals surface area (Å²) < 4.78 is 2.76. The van der Waals surface area contributed by atoms with Crippen LogP contribution < -0.4 is 0 Å². The molecule has 2 aromatic carbocycles. The Hall–Kier alpha value is -1.38. The molecule has 0 unspecified atom stereocenters. The van der Waals surface area contributed by atoms with E-state index in [1.54, 1.807) is 0 Å². The zero-order valence-corrected chi connectivity index (χ0v) is 11.3. The van der Waals surface area contributed by atoms with Gasteiger partial charge in [0.15, 0.2) is 0 Å². The molecule has 0 N–H and O–H groups in total. The zero-order valence-electron chi connectivity index (χ0n) is 10.5. The van der Waals surface area contributed by atoms with Gasteiger partial charge in [-0.15, -0.1) is 11.3 Å². The van der Waals surface area contributed by atoms with Crippen LogP contribution in [0.1, 0.15) is 0 Å². The van der Waals surface area contributed by atoms with Crippen LogP contribution in [0.3, 0.4) is 0 Å². The number of nitrogens with zero attached hydrogens (tertiary/aromatic N) is 1. The molecule has 0 saturated carbocycles. The molecule has 17 heavy (non-hydrogen) atoms. The van der Waals surface area contributed by atoms with Gasteiger partial charge in [-0.3, -0.25) is 0 Å². The van der Waals surface area contributed by atoms with Crippen molar-refractivity contribution in [1.29, 1.82) is 0 Å². The van der Waals surface area contributed by atoms with Gasteiger partial charge in [0.2, 0.25) is 0 Å². The molecule has 0 amide bonds. The van der Waals surface area contributed by atoms with Crippen LogP contribution in [0.15, 0.2) is 48.5 Å². The van der Waals surface area contributed by atoms with E-state index in [4.69, 9.17) is 0 Å². The summed E-state index contributed by atoms with van der Waals surface area (Å²) in [6, 6.07) is 17.1. The van der Waals surface area contributed by atoms with E-state index in [2.05, 4.69) is 48.5 Å². The Balaban J connectivity index is 0.000000239. The second kappa shape index (κ2) is 5.30. The van der Waals surface area contributed by atoms with Gasteiger partial charge in [0.25, 0.3) is 0 Å². The van der Waals surface area contributed by atoms with Gasteiger partial charge in [0.05, 0.1) is 0 Å². The molecule has 0 saturated heterocycles. The molecule has 0 aliphatic carbocycles. The standard InChI is InChI=1S/C12H8S.C3H9N/c1-3-7-11-9(5-1)10-6-2-4-8-12(10)13-11;1-4(2)3/h1-8H;1-3H3. The monoisotopic (exact) mass is 243 g/mol. The molecule has 3 rings (SSSR count). The molecule has 88 valence electrons. The SMILES string of the molecule is CN(C)C.c1ccc2c(c1)sc1ccccc12. The zero-order chi connectivity index (χ0) is 12.3. The summed E-state index contributed by atoms with van der Waals surface area (Å²) in [5.41, 5.74) is 0. The van der Waals surface area contributed by atoms with Crippen LogP contribution in [0.2, 0.25) is 0 Å². The number of benzene rings is 2. The molecular formula is C15H17NS. The Morgan fingerprint density at radius 2 is 1.06 bits per heavy atom. The van der Waals surface area contributed by atoms with Crippen LogP contribution in [-0.2, 0) is 0 Å². The fourth-order valence-corrected chi connectivity index (χ4v) is 2.78. The molecule has 1 aromatic heterocycles. The number of fused-ring (bicyclic) bond motifs is 3. The van der Waals surface area contributed by atoms with Crippen LogP contribution in [0.4, 0.5) is 0 Å². The molecule has 1 nitrogen and oxygen atoms in total. The molecule has 0 atom stereocenters. The number of rotatable bonds is 0. The highest BCUT2D eigenvalue weighted by Gasteiger charge is 2.01. The molecule has 2 heteroatoms. The molecule has 3 aromatic rings. The molecule has 0 fully saturated rings. The third-order valence-corrected chi connectivity index (χ3v) is 3.44. The van der Waals surface area contributed by atoms with Gasteiger partial charge in [0.1, 0.15) is 0 Å². The van der Waals surface area contributed by atoms with Crippen molar-refractivity contribution in [2.75, 3.05) is 21.1 Å². The van der Waals surface area contributed by atoms with Crippen LogP contribution in [0, 0.1) is 0 Å². The van der Waals surface area contributed by atoms with Gasteiger partial charge in [-0.1, -0.05) is 36.4 Å². The van der Waals surface area contributed by atoms with Crippen LogP contribution in [0.25, 0.3) is 20.2 Å². The van der Waals surface area contributed by atoms with E-state index >= 15 is 0 Å². The molecular weight excluding hydrogens is 226 g/mol. The molecule has 0 aliphatic heterocycles. The fourth-order valence-electron chi connectivity index (χ4n) is 1.67. The first-order chi connectivity index (χ1) is 8.18. The van der Waals surface area contributed by atoms with Crippen molar-refractivity contribution < 1.29 is 0 Å². The molecule has 0 bridgehead atoms. The quantitative estimate of drug-likeness (QED) is 0.571. The van der Waals surface area contributed by atoms with Crippen LogP contribution in [0.5, 0.6) is 0 Å². The predicted molar refractivity (Wildman–Crippen MR) is 78.9 cm³/mol. The molecule has 0 radical (unpaired) electrons. The summed E-state index contributed by atoms with van der Waals surface area (Å²) in [5.74, 6) is 0. The van der Waals surface area contributed by atoms with Crippen molar-refractivity contribution in [3.63, 3.8) is 0 Å². The number of hydrogen-bond donors (Lipinski definition) is 0. The van der Waals surface area contributed by atoms with Crippen molar-refractivity contribution in [3.8, 4) is 0 Å². The first kappa shape index (κ1) is 12.1. The third kappa shape index (κ3) is 2.84. The van der Waals surface area contributed by atoms with E-state index in [-0.39, 0.29) is 0 Å². The lowest BCUT2D eigenvalue weighted by molar-refractivity contribution is 0.505. The van der Waals surface area contributed by atoms with Gasteiger partial charge >= 0.3 is 0 Å². The molecule has 0 aliphatic rings. The topological polar surface area (TPSA) is 3.24 Å². The average Bonchev–Trinajstić information content (AvgIpc) is 2.66. The summed E-state index contributed by atoms with van der Waals surface area (Å²) in [4.78, 5) is 2.00. The maximum absolute atomic E-state index is 2.19. The van der Waals surface area contributed by atoms with Crippen molar-refractivity contribution in [1.82, 2.24) is 4.90 Å². The summed E-state index contributed by atoms with van der Waals surface area (Å²) in [5, 5.41) is 2.76. The highest BCUT2D eigenvalue weighted by molar-refractivity contribution is 7.25. The van der Waals surface area contributed by atoms with E-state index in [0.29, 0.717) is 0 Å². The van der Waals surface area contributed by atoms with Crippen molar-refractivity contribution in [2.24, 2.45) is 0 Å². The van der Waals surface area contributed by atoms with E-state index in [1.807, 2.05) is 37.4 Å². The maximum Gasteiger partial charge on any atom is 0.0355 e. The third-order valence-electron chi connectivity index (χ3n) is 2.28. The Morgan fingerprint density at radius 3 is 1.47 bits per heavy atom. The summed E-state index contributed by atoms with van der Waals surface area (Å²) >= 11 is 1.86. The van der Waals surface area contributed by atoms with Crippen molar-refractivity contribution >= 4 is 31.5 Å². The van der Waals surface area contributed by atoms with E-state index in [1.165, 1.54) is 20.2 Å². The lowest BCUT2D eigenvalue weighted by Crippen LogP contribution is -1.99. The van der Waals surface area contributed by atoms with Crippen LogP contribution >= 0.6 is 11.3 Å². The normalized spacial score (nSPS) is 10.6. The van der Waals surface area contributed by atoms with Gasteiger partial charge in [0, 0.05) is 20.2 Å². The highest BCUT2D eigenvalue weighted by Crippen LogP contribution is 2.32. The summed E-state index contributed by atoms with van der Waals surface area (Å²) in [6.07, 6.45) is 0. The fraction of sp³-hybridized carbons (Fsp3) is 0.200. The molecule has 0 spiro atoms. The van der Waals surface area contributed by atoms with Gasteiger partial charge in [-0.25, -0.2) is 0 Å². The van der Waals surface area contributed by atoms with Crippen LogP contribution in [-0.4, -0.2) is 26.0 Å². The Morgan fingerprint density at radius 1 is 0.706 bits per heavy atom. The largest absolute Gasteiger partial charge is 0.312 e. The average molecular weight is 243 g/mol. The van der Waals surface area contributed by atoms with Gasteiger partial charge < -0.3 is 4.90 Å². The highest BCUT2D eigenvalue weighted by atomic mass is 32.1. The maximum atomic E-state index is 2.19. The van der Waals surface area contributed by atoms with E-state index < -0.39 is 0 Å². The second-order valence-electron chi connectivity index (χ2n) is 4.44. The molecule has 1 heterocycles. The minimum Gasteiger partial charge on any atom is -0.312 e. The second-order valence-corrected chi connectivity index (χ2v) is 5.52.